The Balaban J connectivity index is 2.92. The molecule has 0 bridgehead atoms. The number of rotatable bonds is 4. The van der Waals surface area contributed by atoms with Gasteiger partial charge in [-0.25, -0.2) is 4.98 Å². The highest BCUT2D eigenvalue weighted by molar-refractivity contribution is 5.17. The summed E-state index contributed by atoms with van der Waals surface area (Å²) >= 11 is 0. The molecule has 0 amide bonds. The van der Waals surface area contributed by atoms with E-state index in [1.54, 1.807) is 6.07 Å². The first-order valence-corrected chi connectivity index (χ1v) is 5.63. The standard InChI is InChI=1S/C12H17F3N2/c1-4-16-9(3)8(2)10-6-5-7-11(17-10)12(13,14)15/h5-9,16H,4H2,1-3H3. The van der Waals surface area contributed by atoms with Crippen LogP contribution in [0.4, 0.5) is 13.2 Å². The molecule has 1 N–H and O–H groups in total. The summed E-state index contributed by atoms with van der Waals surface area (Å²) in [5.74, 6) is -0.0581. The molecule has 1 aromatic rings. The third-order valence-corrected chi connectivity index (χ3v) is 2.80. The SMILES string of the molecule is CCNC(C)C(C)c1cccc(C(F)(F)F)n1. The van der Waals surface area contributed by atoms with Crippen molar-refractivity contribution in [2.24, 2.45) is 0 Å². The molecule has 2 nitrogen and oxygen atoms in total. The molecule has 2 unspecified atom stereocenters. The number of halogens is 3. The molecular weight excluding hydrogens is 229 g/mol. The first-order chi connectivity index (χ1) is 7.86. The molecule has 0 spiro atoms. The van der Waals surface area contributed by atoms with Crippen LogP contribution in [0.25, 0.3) is 0 Å². The number of nitrogens with zero attached hydrogens (tertiary/aromatic N) is 1. The molecule has 2 atom stereocenters. The van der Waals surface area contributed by atoms with E-state index in [0.717, 1.165) is 12.6 Å². The van der Waals surface area contributed by atoms with E-state index in [-0.39, 0.29) is 12.0 Å². The Morgan fingerprint density at radius 1 is 1.29 bits per heavy atom. The fourth-order valence-electron chi connectivity index (χ4n) is 1.62. The summed E-state index contributed by atoms with van der Waals surface area (Å²) < 4.78 is 37.5. The van der Waals surface area contributed by atoms with Crippen LogP contribution < -0.4 is 5.32 Å². The van der Waals surface area contributed by atoms with E-state index in [2.05, 4.69) is 10.3 Å². The molecule has 1 rings (SSSR count). The van der Waals surface area contributed by atoms with Crippen LogP contribution in [0.2, 0.25) is 0 Å². The number of aromatic nitrogens is 1. The van der Waals surface area contributed by atoms with Crippen molar-refractivity contribution in [2.75, 3.05) is 6.54 Å². The topological polar surface area (TPSA) is 24.9 Å². The van der Waals surface area contributed by atoms with Crippen molar-refractivity contribution in [2.45, 2.75) is 38.9 Å². The van der Waals surface area contributed by atoms with Gasteiger partial charge in [-0.2, -0.15) is 13.2 Å². The summed E-state index contributed by atoms with van der Waals surface area (Å²) in [6.45, 7) is 6.55. The summed E-state index contributed by atoms with van der Waals surface area (Å²) in [6, 6.07) is 4.12. The minimum atomic E-state index is -4.38. The Morgan fingerprint density at radius 2 is 1.94 bits per heavy atom. The van der Waals surface area contributed by atoms with Gasteiger partial charge in [-0.05, 0) is 25.6 Å². The maximum atomic E-state index is 12.5. The highest BCUT2D eigenvalue weighted by atomic mass is 19.4. The summed E-state index contributed by atoms with van der Waals surface area (Å²) in [5, 5.41) is 3.18. The van der Waals surface area contributed by atoms with E-state index in [1.165, 1.54) is 6.07 Å². The maximum Gasteiger partial charge on any atom is 0.433 e. The summed E-state index contributed by atoms with van der Waals surface area (Å²) in [4.78, 5) is 3.68. The number of alkyl halides is 3. The summed E-state index contributed by atoms with van der Waals surface area (Å²) in [5.41, 5.74) is -0.362. The number of hydrogen-bond acceptors (Lipinski definition) is 2. The lowest BCUT2D eigenvalue weighted by atomic mass is 9.99. The van der Waals surface area contributed by atoms with Crippen molar-refractivity contribution in [3.63, 3.8) is 0 Å². The molecule has 0 saturated heterocycles. The molecule has 0 aromatic carbocycles. The van der Waals surface area contributed by atoms with E-state index in [4.69, 9.17) is 0 Å². The molecule has 1 heterocycles. The van der Waals surface area contributed by atoms with Crippen molar-refractivity contribution in [3.8, 4) is 0 Å². The third kappa shape index (κ3) is 3.70. The van der Waals surface area contributed by atoms with E-state index in [9.17, 15) is 13.2 Å². The van der Waals surface area contributed by atoms with E-state index < -0.39 is 11.9 Å². The molecule has 0 aliphatic carbocycles. The van der Waals surface area contributed by atoms with Gasteiger partial charge in [-0.15, -0.1) is 0 Å². The first kappa shape index (κ1) is 14.0. The molecule has 0 fully saturated rings. The first-order valence-electron chi connectivity index (χ1n) is 5.63. The second kappa shape index (κ2) is 5.49. The minimum Gasteiger partial charge on any atom is -0.314 e. The zero-order valence-corrected chi connectivity index (χ0v) is 10.2. The molecule has 96 valence electrons. The van der Waals surface area contributed by atoms with Gasteiger partial charge in [0.1, 0.15) is 5.69 Å². The van der Waals surface area contributed by atoms with Gasteiger partial charge in [-0.3, -0.25) is 0 Å². The van der Waals surface area contributed by atoms with Crippen molar-refractivity contribution in [1.29, 1.82) is 0 Å². The van der Waals surface area contributed by atoms with Crippen molar-refractivity contribution >= 4 is 0 Å². The van der Waals surface area contributed by atoms with Crippen molar-refractivity contribution in [1.82, 2.24) is 10.3 Å². The van der Waals surface area contributed by atoms with Gasteiger partial charge in [-0.1, -0.05) is 19.9 Å². The second-order valence-corrected chi connectivity index (χ2v) is 4.08. The van der Waals surface area contributed by atoms with Crippen LogP contribution in [0.1, 0.15) is 38.1 Å². The molecule has 5 heteroatoms. The maximum absolute atomic E-state index is 12.5. The molecular formula is C12H17F3N2. The normalized spacial score (nSPS) is 15.6. The Morgan fingerprint density at radius 3 is 2.47 bits per heavy atom. The van der Waals surface area contributed by atoms with Crippen molar-refractivity contribution < 1.29 is 13.2 Å². The minimum absolute atomic E-state index is 0.0581. The third-order valence-electron chi connectivity index (χ3n) is 2.80. The van der Waals surface area contributed by atoms with Gasteiger partial charge in [0.15, 0.2) is 0 Å². The van der Waals surface area contributed by atoms with Gasteiger partial charge in [0.05, 0.1) is 0 Å². The lowest BCUT2D eigenvalue weighted by Crippen LogP contribution is -2.31. The number of nitrogens with one attached hydrogen (secondary N) is 1. The van der Waals surface area contributed by atoms with Crippen LogP contribution in [0.5, 0.6) is 0 Å². The van der Waals surface area contributed by atoms with Gasteiger partial charge >= 0.3 is 6.18 Å². The van der Waals surface area contributed by atoms with Gasteiger partial charge in [0.2, 0.25) is 0 Å². The van der Waals surface area contributed by atoms with Crippen LogP contribution in [-0.2, 0) is 6.18 Å². The van der Waals surface area contributed by atoms with Crippen molar-refractivity contribution in [3.05, 3.63) is 29.6 Å². The van der Waals surface area contributed by atoms with E-state index in [1.807, 2.05) is 20.8 Å². The zero-order valence-electron chi connectivity index (χ0n) is 10.2. The highest BCUT2D eigenvalue weighted by Crippen LogP contribution is 2.29. The molecule has 0 aliphatic heterocycles. The smallest absolute Gasteiger partial charge is 0.314 e. The number of pyridine rings is 1. The average molecular weight is 246 g/mol. The van der Waals surface area contributed by atoms with Gasteiger partial charge < -0.3 is 5.32 Å². The lowest BCUT2D eigenvalue weighted by Gasteiger charge is -2.20. The fraction of sp³-hybridized carbons (Fsp3) is 0.583. The Labute approximate surface area is 99.3 Å². The molecule has 0 saturated carbocycles. The lowest BCUT2D eigenvalue weighted by molar-refractivity contribution is -0.141. The molecule has 0 radical (unpaired) electrons. The molecule has 1 aromatic heterocycles. The van der Waals surface area contributed by atoms with Crippen LogP contribution >= 0.6 is 0 Å². The zero-order chi connectivity index (χ0) is 13.1. The van der Waals surface area contributed by atoms with Gasteiger partial charge in [0, 0.05) is 17.7 Å². The predicted molar refractivity (Wildman–Crippen MR) is 60.8 cm³/mol. The Bertz CT molecular complexity index is 363. The molecule has 0 aliphatic rings. The predicted octanol–water partition coefficient (Wildman–Crippen LogP) is 3.20. The van der Waals surface area contributed by atoms with Crippen LogP contribution in [-0.4, -0.2) is 17.6 Å². The number of likely N-dealkylation sites (N-methyl/N-ethyl adjacent to an activating group) is 1. The molecule has 17 heavy (non-hydrogen) atoms. The highest BCUT2D eigenvalue weighted by Gasteiger charge is 2.32. The summed E-state index contributed by atoms with van der Waals surface area (Å²) in [7, 11) is 0. The van der Waals surface area contributed by atoms with Gasteiger partial charge in [0.25, 0.3) is 0 Å². The number of hydrogen-bond donors (Lipinski definition) is 1. The second-order valence-electron chi connectivity index (χ2n) is 4.08. The van der Waals surface area contributed by atoms with Crippen LogP contribution in [0, 0.1) is 0 Å². The van der Waals surface area contributed by atoms with Crippen LogP contribution in [0.15, 0.2) is 18.2 Å². The Kier molecular flexibility index (Phi) is 4.51. The monoisotopic (exact) mass is 246 g/mol. The fourth-order valence-corrected chi connectivity index (χ4v) is 1.62. The van der Waals surface area contributed by atoms with E-state index in [0.29, 0.717) is 5.69 Å². The Hall–Kier alpha value is -1.10. The summed E-state index contributed by atoms with van der Waals surface area (Å²) in [6.07, 6.45) is -4.38. The van der Waals surface area contributed by atoms with E-state index >= 15 is 0 Å². The quantitative estimate of drug-likeness (QED) is 0.882. The van der Waals surface area contributed by atoms with Crippen LogP contribution in [0.3, 0.4) is 0 Å². The largest absolute Gasteiger partial charge is 0.433 e. The average Bonchev–Trinajstić information content (AvgIpc) is 2.27.